The molecule has 0 saturated carbocycles. The maximum Gasteiger partial charge on any atom is 0.0174 e. The Kier molecular flexibility index (Phi) is 5.83. The number of piperidine rings is 1. The standard InChI is InChI=1S/C19H32N2/c1-4-19(5-2,6-3)21-16-18(12-14-20-15-13-18)17-10-8-7-9-11-17/h7-11,20-21H,4-6,12-16H2,1-3H3. The zero-order chi connectivity index (χ0) is 15.2. The second kappa shape index (κ2) is 7.42. The van der Waals surface area contributed by atoms with Crippen LogP contribution in [0.5, 0.6) is 0 Å². The van der Waals surface area contributed by atoms with E-state index in [0.717, 1.165) is 19.6 Å². The van der Waals surface area contributed by atoms with Gasteiger partial charge < -0.3 is 10.6 Å². The molecule has 0 spiro atoms. The van der Waals surface area contributed by atoms with Crippen molar-refractivity contribution in [2.45, 2.75) is 63.8 Å². The minimum absolute atomic E-state index is 0.303. The number of hydrogen-bond donors (Lipinski definition) is 2. The van der Waals surface area contributed by atoms with E-state index in [0.29, 0.717) is 11.0 Å². The Morgan fingerprint density at radius 1 is 1.00 bits per heavy atom. The second-order valence-corrected chi connectivity index (χ2v) is 6.59. The molecular weight excluding hydrogens is 256 g/mol. The molecule has 1 aliphatic rings. The first-order valence-electron chi connectivity index (χ1n) is 8.71. The Labute approximate surface area is 130 Å². The maximum atomic E-state index is 3.96. The lowest BCUT2D eigenvalue weighted by molar-refractivity contribution is 0.223. The van der Waals surface area contributed by atoms with E-state index in [-0.39, 0.29) is 0 Å². The van der Waals surface area contributed by atoms with Crippen molar-refractivity contribution < 1.29 is 0 Å². The highest BCUT2D eigenvalue weighted by atomic mass is 15.0. The molecule has 0 bridgehead atoms. The summed E-state index contributed by atoms with van der Waals surface area (Å²) in [5, 5.41) is 7.48. The van der Waals surface area contributed by atoms with E-state index < -0.39 is 0 Å². The molecule has 1 heterocycles. The normalized spacial score (nSPS) is 18.6. The van der Waals surface area contributed by atoms with E-state index in [4.69, 9.17) is 0 Å². The molecule has 0 amide bonds. The Hall–Kier alpha value is -0.860. The highest BCUT2D eigenvalue weighted by molar-refractivity contribution is 5.27. The van der Waals surface area contributed by atoms with Crippen molar-refractivity contribution in [1.82, 2.24) is 10.6 Å². The topological polar surface area (TPSA) is 24.1 Å². The van der Waals surface area contributed by atoms with Crippen molar-refractivity contribution in [3.05, 3.63) is 35.9 Å². The molecule has 2 heteroatoms. The van der Waals surface area contributed by atoms with E-state index >= 15 is 0 Å². The summed E-state index contributed by atoms with van der Waals surface area (Å²) >= 11 is 0. The molecule has 0 aromatic heterocycles. The van der Waals surface area contributed by atoms with Crippen molar-refractivity contribution in [3.63, 3.8) is 0 Å². The molecular formula is C19H32N2. The van der Waals surface area contributed by atoms with Gasteiger partial charge in [-0.2, -0.15) is 0 Å². The molecule has 2 rings (SSSR count). The quantitative estimate of drug-likeness (QED) is 0.796. The summed E-state index contributed by atoms with van der Waals surface area (Å²) in [5.74, 6) is 0. The minimum Gasteiger partial charge on any atom is -0.317 e. The molecule has 2 N–H and O–H groups in total. The van der Waals surface area contributed by atoms with Crippen LogP contribution in [0.15, 0.2) is 30.3 Å². The summed E-state index contributed by atoms with van der Waals surface area (Å²) in [5.41, 5.74) is 2.13. The predicted molar refractivity (Wildman–Crippen MR) is 91.8 cm³/mol. The first-order valence-corrected chi connectivity index (χ1v) is 8.71. The van der Waals surface area contributed by atoms with Gasteiger partial charge in [-0.1, -0.05) is 51.1 Å². The molecule has 0 aliphatic carbocycles. The summed E-state index contributed by atoms with van der Waals surface area (Å²) < 4.78 is 0. The first kappa shape index (κ1) is 16.5. The Morgan fingerprint density at radius 2 is 1.57 bits per heavy atom. The SMILES string of the molecule is CCC(CC)(CC)NCC1(c2ccccc2)CCNCC1. The van der Waals surface area contributed by atoms with E-state index in [9.17, 15) is 0 Å². The largest absolute Gasteiger partial charge is 0.317 e. The highest BCUT2D eigenvalue weighted by Crippen LogP contribution is 2.34. The van der Waals surface area contributed by atoms with E-state index in [1.807, 2.05) is 0 Å². The van der Waals surface area contributed by atoms with Gasteiger partial charge in [0.25, 0.3) is 0 Å². The average Bonchev–Trinajstić information content (AvgIpc) is 2.58. The highest BCUT2D eigenvalue weighted by Gasteiger charge is 2.36. The van der Waals surface area contributed by atoms with Crippen LogP contribution in [0, 0.1) is 0 Å². The van der Waals surface area contributed by atoms with Crippen LogP contribution in [0.25, 0.3) is 0 Å². The van der Waals surface area contributed by atoms with Gasteiger partial charge in [0.1, 0.15) is 0 Å². The lowest BCUT2D eigenvalue weighted by atomic mass is 9.72. The molecule has 1 aliphatic heterocycles. The van der Waals surface area contributed by atoms with Crippen LogP contribution in [-0.2, 0) is 5.41 Å². The second-order valence-electron chi connectivity index (χ2n) is 6.59. The number of hydrogen-bond acceptors (Lipinski definition) is 2. The summed E-state index contributed by atoms with van der Waals surface area (Å²) in [6, 6.07) is 11.1. The summed E-state index contributed by atoms with van der Waals surface area (Å²) in [4.78, 5) is 0. The summed E-state index contributed by atoms with van der Waals surface area (Å²) in [6.45, 7) is 10.3. The Bertz CT molecular complexity index is 395. The van der Waals surface area contributed by atoms with Gasteiger partial charge in [0.15, 0.2) is 0 Å². The van der Waals surface area contributed by atoms with Gasteiger partial charge in [0.05, 0.1) is 0 Å². The van der Waals surface area contributed by atoms with Gasteiger partial charge in [0, 0.05) is 17.5 Å². The van der Waals surface area contributed by atoms with Gasteiger partial charge in [-0.15, -0.1) is 0 Å². The average molecular weight is 288 g/mol. The third kappa shape index (κ3) is 3.67. The fourth-order valence-electron chi connectivity index (χ4n) is 3.75. The predicted octanol–water partition coefficient (Wildman–Crippen LogP) is 3.87. The van der Waals surface area contributed by atoms with Crippen molar-refractivity contribution in [2.24, 2.45) is 0 Å². The lowest BCUT2D eigenvalue weighted by Gasteiger charge is -2.42. The third-order valence-corrected chi connectivity index (χ3v) is 5.78. The van der Waals surface area contributed by atoms with Gasteiger partial charge in [-0.25, -0.2) is 0 Å². The zero-order valence-electron chi connectivity index (χ0n) is 14.0. The van der Waals surface area contributed by atoms with Crippen molar-refractivity contribution in [1.29, 1.82) is 0 Å². The van der Waals surface area contributed by atoms with Crippen LogP contribution >= 0.6 is 0 Å². The van der Waals surface area contributed by atoms with Crippen molar-refractivity contribution >= 4 is 0 Å². The molecule has 0 radical (unpaired) electrons. The Balaban J connectivity index is 2.18. The monoisotopic (exact) mass is 288 g/mol. The molecule has 0 atom stereocenters. The van der Waals surface area contributed by atoms with E-state index in [1.165, 1.54) is 37.7 Å². The maximum absolute atomic E-state index is 3.96. The van der Waals surface area contributed by atoms with Crippen molar-refractivity contribution in [2.75, 3.05) is 19.6 Å². The van der Waals surface area contributed by atoms with Gasteiger partial charge in [0.2, 0.25) is 0 Å². The minimum atomic E-state index is 0.303. The zero-order valence-corrected chi connectivity index (χ0v) is 14.0. The van der Waals surface area contributed by atoms with Crippen LogP contribution in [0.4, 0.5) is 0 Å². The molecule has 2 nitrogen and oxygen atoms in total. The van der Waals surface area contributed by atoms with Gasteiger partial charge in [-0.3, -0.25) is 0 Å². The molecule has 0 unspecified atom stereocenters. The lowest BCUT2D eigenvalue weighted by Crippen LogP contribution is -2.53. The number of nitrogens with one attached hydrogen (secondary N) is 2. The first-order chi connectivity index (χ1) is 10.2. The molecule has 1 aromatic carbocycles. The fourth-order valence-corrected chi connectivity index (χ4v) is 3.75. The third-order valence-electron chi connectivity index (χ3n) is 5.78. The summed E-state index contributed by atoms with van der Waals surface area (Å²) in [7, 11) is 0. The number of rotatable bonds is 7. The van der Waals surface area contributed by atoms with Gasteiger partial charge >= 0.3 is 0 Å². The van der Waals surface area contributed by atoms with Crippen LogP contribution < -0.4 is 10.6 Å². The van der Waals surface area contributed by atoms with Crippen LogP contribution in [0.2, 0.25) is 0 Å². The fraction of sp³-hybridized carbons (Fsp3) is 0.684. The van der Waals surface area contributed by atoms with Crippen molar-refractivity contribution in [3.8, 4) is 0 Å². The molecule has 118 valence electrons. The Morgan fingerprint density at radius 3 is 2.10 bits per heavy atom. The van der Waals surface area contributed by atoms with E-state index in [2.05, 4.69) is 61.7 Å². The molecule has 21 heavy (non-hydrogen) atoms. The summed E-state index contributed by atoms with van der Waals surface area (Å²) in [6.07, 6.45) is 6.10. The van der Waals surface area contributed by atoms with Crippen LogP contribution in [0.1, 0.15) is 58.4 Å². The smallest absolute Gasteiger partial charge is 0.0174 e. The molecule has 1 aromatic rings. The molecule has 1 saturated heterocycles. The number of benzene rings is 1. The molecule has 1 fully saturated rings. The van der Waals surface area contributed by atoms with E-state index in [1.54, 1.807) is 0 Å². The van der Waals surface area contributed by atoms with Crippen LogP contribution in [-0.4, -0.2) is 25.2 Å². The van der Waals surface area contributed by atoms with Gasteiger partial charge in [-0.05, 0) is 50.8 Å². The van der Waals surface area contributed by atoms with Crippen LogP contribution in [0.3, 0.4) is 0 Å².